The quantitative estimate of drug-likeness (QED) is 0.766. The van der Waals surface area contributed by atoms with E-state index in [1.807, 2.05) is 18.2 Å². The Hall–Kier alpha value is -1.75. The SMILES string of the molecule is CC(C)CN(CC(C)C)c1ncnc(Sc2ccccc2)c1N. The summed E-state index contributed by atoms with van der Waals surface area (Å²) in [4.78, 5) is 12.2. The minimum Gasteiger partial charge on any atom is -0.394 e. The van der Waals surface area contributed by atoms with Crippen LogP contribution in [-0.2, 0) is 0 Å². The summed E-state index contributed by atoms with van der Waals surface area (Å²) in [6, 6.07) is 10.2. The fourth-order valence-electron chi connectivity index (χ4n) is 2.43. The highest BCUT2D eigenvalue weighted by Crippen LogP contribution is 2.34. The second kappa shape index (κ2) is 8.20. The van der Waals surface area contributed by atoms with Gasteiger partial charge in [0, 0.05) is 18.0 Å². The molecule has 2 N–H and O–H groups in total. The van der Waals surface area contributed by atoms with Gasteiger partial charge in [-0.2, -0.15) is 0 Å². The Labute approximate surface area is 143 Å². The van der Waals surface area contributed by atoms with E-state index in [-0.39, 0.29) is 0 Å². The minimum atomic E-state index is 0.549. The lowest BCUT2D eigenvalue weighted by Gasteiger charge is -2.28. The third kappa shape index (κ3) is 5.13. The first-order chi connectivity index (χ1) is 11.0. The van der Waals surface area contributed by atoms with E-state index in [0.717, 1.165) is 28.8 Å². The minimum absolute atomic E-state index is 0.549. The Morgan fingerprint density at radius 3 is 2.17 bits per heavy atom. The molecule has 0 amide bonds. The number of hydrogen-bond donors (Lipinski definition) is 1. The highest BCUT2D eigenvalue weighted by molar-refractivity contribution is 7.99. The number of nitrogens with zero attached hydrogens (tertiary/aromatic N) is 3. The third-order valence-electron chi connectivity index (χ3n) is 3.25. The normalized spacial score (nSPS) is 11.2. The Balaban J connectivity index is 2.29. The van der Waals surface area contributed by atoms with Crippen molar-refractivity contribution in [2.75, 3.05) is 23.7 Å². The number of rotatable bonds is 7. The van der Waals surface area contributed by atoms with Crippen LogP contribution in [0.15, 0.2) is 46.6 Å². The fraction of sp³-hybridized carbons (Fsp3) is 0.444. The molecular weight excluding hydrogens is 304 g/mol. The van der Waals surface area contributed by atoms with Crippen LogP contribution in [0, 0.1) is 11.8 Å². The van der Waals surface area contributed by atoms with Crippen LogP contribution >= 0.6 is 11.8 Å². The highest BCUT2D eigenvalue weighted by Gasteiger charge is 2.17. The lowest BCUT2D eigenvalue weighted by atomic mass is 10.1. The maximum absolute atomic E-state index is 6.40. The van der Waals surface area contributed by atoms with Crippen LogP contribution in [0.4, 0.5) is 11.5 Å². The first-order valence-corrected chi connectivity index (χ1v) is 8.87. The number of hydrogen-bond acceptors (Lipinski definition) is 5. The van der Waals surface area contributed by atoms with Crippen molar-refractivity contribution >= 4 is 23.3 Å². The molecule has 1 aromatic carbocycles. The van der Waals surface area contributed by atoms with Crippen LogP contribution in [0.25, 0.3) is 0 Å². The summed E-state index contributed by atoms with van der Waals surface area (Å²) in [7, 11) is 0. The van der Waals surface area contributed by atoms with Gasteiger partial charge in [-0.25, -0.2) is 9.97 Å². The lowest BCUT2D eigenvalue weighted by molar-refractivity contribution is 0.548. The monoisotopic (exact) mass is 330 g/mol. The fourth-order valence-corrected chi connectivity index (χ4v) is 3.25. The maximum Gasteiger partial charge on any atom is 0.156 e. The standard InChI is InChI=1S/C18H26N4S/c1-13(2)10-22(11-14(3)4)17-16(19)18(21-12-20-17)23-15-8-6-5-7-9-15/h5-9,12-14H,10-11,19H2,1-4H3. The van der Waals surface area contributed by atoms with Gasteiger partial charge >= 0.3 is 0 Å². The van der Waals surface area contributed by atoms with E-state index in [4.69, 9.17) is 5.73 Å². The zero-order chi connectivity index (χ0) is 16.8. The van der Waals surface area contributed by atoms with Gasteiger partial charge in [-0.1, -0.05) is 57.7 Å². The summed E-state index contributed by atoms with van der Waals surface area (Å²) < 4.78 is 0. The summed E-state index contributed by atoms with van der Waals surface area (Å²) in [5.41, 5.74) is 7.07. The van der Waals surface area contributed by atoms with E-state index in [1.54, 1.807) is 18.1 Å². The number of nitrogen functional groups attached to an aromatic ring is 1. The van der Waals surface area contributed by atoms with Crippen molar-refractivity contribution in [1.29, 1.82) is 0 Å². The van der Waals surface area contributed by atoms with Gasteiger partial charge in [0.05, 0.1) is 0 Å². The summed E-state index contributed by atoms with van der Waals surface area (Å²) in [6.07, 6.45) is 1.62. The molecule has 0 spiro atoms. The molecule has 0 aliphatic heterocycles. The Morgan fingerprint density at radius 2 is 1.61 bits per heavy atom. The van der Waals surface area contributed by atoms with E-state index in [0.29, 0.717) is 17.5 Å². The van der Waals surface area contributed by atoms with Crippen molar-refractivity contribution < 1.29 is 0 Å². The van der Waals surface area contributed by atoms with Gasteiger partial charge in [-0.15, -0.1) is 0 Å². The average Bonchev–Trinajstić information content (AvgIpc) is 2.49. The molecule has 0 unspecified atom stereocenters. The summed E-state index contributed by atoms with van der Waals surface area (Å²) >= 11 is 1.58. The van der Waals surface area contributed by atoms with Gasteiger partial charge in [0.2, 0.25) is 0 Å². The van der Waals surface area contributed by atoms with E-state index in [9.17, 15) is 0 Å². The van der Waals surface area contributed by atoms with Gasteiger partial charge < -0.3 is 10.6 Å². The second-order valence-corrected chi connectivity index (χ2v) is 7.59. The molecule has 1 aromatic heterocycles. The van der Waals surface area contributed by atoms with Gasteiger partial charge in [0.25, 0.3) is 0 Å². The topological polar surface area (TPSA) is 55.0 Å². The summed E-state index contributed by atoms with van der Waals surface area (Å²) in [6.45, 7) is 10.7. The molecule has 5 heteroatoms. The summed E-state index contributed by atoms with van der Waals surface area (Å²) in [5.74, 6) is 1.95. The van der Waals surface area contributed by atoms with E-state index < -0.39 is 0 Å². The molecule has 2 aromatic rings. The van der Waals surface area contributed by atoms with Crippen LogP contribution in [-0.4, -0.2) is 23.1 Å². The highest BCUT2D eigenvalue weighted by atomic mass is 32.2. The Kier molecular flexibility index (Phi) is 6.28. The van der Waals surface area contributed by atoms with Gasteiger partial charge in [-0.05, 0) is 24.0 Å². The van der Waals surface area contributed by atoms with Gasteiger partial charge in [0.15, 0.2) is 5.82 Å². The van der Waals surface area contributed by atoms with E-state index in [2.05, 4.69) is 54.7 Å². The zero-order valence-electron chi connectivity index (χ0n) is 14.4. The predicted octanol–water partition coefficient (Wildman–Crippen LogP) is 4.33. The molecule has 0 bridgehead atoms. The number of nitrogens with two attached hydrogens (primary N) is 1. The van der Waals surface area contributed by atoms with Crippen molar-refractivity contribution in [2.24, 2.45) is 11.8 Å². The van der Waals surface area contributed by atoms with Crippen LogP contribution in [0.2, 0.25) is 0 Å². The third-order valence-corrected chi connectivity index (χ3v) is 4.28. The molecule has 23 heavy (non-hydrogen) atoms. The first-order valence-electron chi connectivity index (χ1n) is 8.05. The number of anilines is 2. The molecule has 0 aliphatic carbocycles. The molecule has 0 fully saturated rings. The molecule has 124 valence electrons. The predicted molar refractivity (Wildman–Crippen MR) is 98.9 cm³/mol. The van der Waals surface area contributed by atoms with Gasteiger partial charge in [0.1, 0.15) is 17.0 Å². The Bertz CT molecular complexity index is 604. The molecule has 0 saturated heterocycles. The van der Waals surface area contributed by atoms with Crippen molar-refractivity contribution in [3.8, 4) is 0 Å². The van der Waals surface area contributed by atoms with E-state index in [1.165, 1.54) is 0 Å². The maximum atomic E-state index is 6.40. The molecule has 2 rings (SSSR count). The van der Waals surface area contributed by atoms with Crippen LogP contribution in [0.3, 0.4) is 0 Å². The van der Waals surface area contributed by atoms with Crippen molar-refractivity contribution in [3.63, 3.8) is 0 Å². The largest absolute Gasteiger partial charge is 0.394 e. The van der Waals surface area contributed by atoms with Crippen molar-refractivity contribution in [1.82, 2.24) is 9.97 Å². The van der Waals surface area contributed by atoms with E-state index >= 15 is 0 Å². The smallest absolute Gasteiger partial charge is 0.156 e. The Morgan fingerprint density at radius 1 is 1.00 bits per heavy atom. The molecular formula is C18H26N4S. The van der Waals surface area contributed by atoms with Crippen molar-refractivity contribution in [2.45, 2.75) is 37.6 Å². The number of aromatic nitrogens is 2. The summed E-state index contributed by atoms with van der Waals surface area (Å²) in [5, 5.41) is 0.818. The number of benzene rings is 1. The first kappa shape index (κ1) is 17.6. The van der Waals surface area contributed by atoms with Crippen molar-refractivity contribution in [3.05, 3.63) is 36.7 Å². The molecule has 1 heterocycles. The molecule has 4 nitrogen and oxygen atoms in total. The molecule has 0 radical (unpaired) electrons. The van der Waals surface area contributed by atoms with Crippen LogP contribution in [0.1, 0.15) is 27.7 Å². The van der Waals surface area contributed by atoms with Gasteiger partial charge in [-0.3, -0.25) is 0 Å². The molecule has 0 saturated carbocycles. The molecule has 0 aliphatic rings. The van der Waals surface area contributed by atoms with Crippen LogP contribution < -0.4 is 10.6 Å². The lowest BCUT2D eigenvalue weighted by Crippen LogP contribution is -2.32. The van der Waals surface area contributed by atoms with Crippen LogP contribution in [0.5, 0.6) is 0 Å². The average molecular weight is 331 g/mol. The zero-order valence-corrected chi connectivity index (χ0v) is 15.2. The second-order valence-electron chi connectivity index (χ2n) is 6.52. The molecule has 0 atom stereocenters.